The number of carbonyl (C=O) groups excluding carboxylic acids is 1. The van der Waals surface area contributed by atoms with Crippen molar-refractivity contribution in [1.82, 2.24) is 0 Å². The fourth-order valence-electron chi connectivity index (χ4n) is 2.14. The SMILES string of the molecule is COc1cc(OC)c(NC(=O)c2ccccc2OC)c(OC)c1. The largest absolute Gasteiger partial charge is 0.496 e. The van der Waals surface area contributed by atoms with Gasteiger partial charge in [0.15, 0.2) is 0 Å². The van der Waals surface area contributed by atoms with E-state index in [1.54, 1.807) is 43.5 Å². The Morgan fingerprint density at radius 2 is 1.39 bits per heavy atom. The van der Waals surface area contributed by atoms with Crippen LogP contribution in [0, 0.1) is 0 Å². The number of benzene rings is 2. The number of para-hydroxylation sites is 1. The van der Waals surface area contributed by atoms with Crippen LogP contribution >= 0.6 is 0 Å². The summed E-state index contributed by atoms with van der Waals surface area (Å²) in [6.45, 7) is 0. The number of hydrogen-bond donors (Lipinski definition) is 1. The molecule has 1 N–H and O–H groups in total. The Kier molecular flexibility index (Phi) is 5.30. The van der Waals surface area contributed by atoms with Crippen LogP contribution in [0.4, 0.5) is 5.69 Å². The molecule has 0 saturated carbocycles. The van der Waals surface area contributed by atoms with E-state index in [9.17, 15) is 4.79 Å². The number of anilines is 1. The fraction of sp³-hybridized carbons (Fsp3) is 0.235. The van der Waals surface area contributed by atoms with Crippen molar-refractivity contribution in [2.45, 2.75) is 0 Å². The van der Waals surface area contributed by atoms with Gasteiger partial charge in [-0.15, -0.1) is 0 Å². The van der Waals surface area contributed by atoms with Crippen LogP contribution in [0.1, 0.15) is 10.4 Å². The molecule has 2 aromatic rings. The molecule has 0 heterocycles. The summed E-state index contributed by atoms with van der Waals surface area (Å²) >= 11 is 0. The Balaban J connectivity index is 2.40. The number of amides is 1. The minimum absolute atomic E-state index is 0.329. The first kappa shape index (κ1) is 16.5. The Morgan fingerprint density at radius 1 is 0.826 bits per heavy atom. The van der Waals surface area contributed by atoms with Crippen molar-refractivity contribution >= 4 is 11.6 Å². The van der Waals surface area contributed by atoms with E-state index in [4.69, 9.17) is 18.9 Å². The molecule has 23 heavy (non-hydrogen) atoms. The number of methoxy groups -OCH3 is 4. The van der Waals surface area contributed by atoms with Crippen molar-refractivity contribution in [3.63, 3.8) is 0 Å². The monoisotopic (exact) mass is 317 g/mol. The standard InChI is InChI=1S/C17H19NO5/c1-20-11-9-14(22-3)16(15(10-11)23-4)18-17(19)12-7-5-6-8-13(12)21-2/h5-10H,1-4H3,(H,18,19). The van der Waals surface area contributed by atoms with Gasteiger partial charge in [0.2, 0.25) is 0 Å². The zero-order valence-electron chi connectivity index (χ0n) is 13.5. The molecule has 2 rings (SSSR count). The zero-order chi connectivity index (χ0) is 16.8. The van der Waals surface area contributed by atoms with Crippen LogP contribution < -0.4 is 24.3 Å². The second kappa shape index (κ2) is 7.40. The Labute approximate surface area is 134 Å². The Morgan fingerprint density at radius 3 is 1.91 bits per heavy atom. The molecule has 0 aliphatic carbocycles. The van der Waals surface area contributed by atoms with E-state index in [2.05, 4.69) is 5.32 Å². The van der Waals surface area contributed by atoms with E-state index in [0.29, 0.717) is 34.2 Å². The number of ether oxygens (including phenoxy) is 4. The molecule has 0 atom stereocenters. The third kappa shape index (κ3) is 3.48. The predicted molar refractivity (Wildman–Crippen MR) is 87.0 cm³/mol. The quantitative estimate of drug-likeness (QED) is 0.887. The van der Waals surface area contributed by atoms with Gasteiger partial charge in [-0.05, 0) is 12.1 Å². The molecular weight excluding hydrogens is 298 g/mol. The predicted octanol–water partition coefficient (Wildman–Crippen LogP) is 2.97. The first-order valence-corrected chi connectivity index (χ1v) is 6.89. The van der Waals surface area contributed by atoms with Gasteiger partial charge in [-0.2, -0.15) is 0 Å². The highest BCUT2D eigenvalue weighted by Gasteiger charge is 2.18. The summed E-state index contributed by atoms with van der Waals surface area (Å²) in [4.78, 5) is 12.6. The molecule has 2 aromatic carbocycles. The zero-order valence-corrected chi connectivity index (χ0v) is 13.5. The van der Waals surface area contributed by atoms with Crippen LogP contribution in [-0.4, -0.2) is 34.3 Å². The van der Waals surface area contributed by atoms with Crippen molar-refractivity contribution in [3.8, 4) is 23.0 Å². The van der Waals surface area contributed by atoms with Gasteiger partial charge in [-0.25, -0.2) is 0 Å². The molecule has 0 radical (unpaired) electrons. The normalized spacial score (nSPS) is 9.91. The van der Waals surface area contributed by atoms with E-state index >= 15 is 0 Å². The van der Waals surface area contributed by atoms with Crippen molar-refractivity contribution < 1.29 is 23.7 Å². The minimum atomic E-state index is -0.329. The lowest BCUT2D eigenvalue weighted by molar-refractivity contribution is 0.102. The van der Waals surface area contributed by atoms with E-state index < -0.39 is 0 Å². The second-order valence-corrected chi connectivity index (χ2v) is 4.56. The Bertz CT molecular complexity index is 674. The summed E-state index contributed by atoms with van der Waals surface area (Å²) in [5.41, 5.74) is 0.835. The van der Waals surface area contributed by atoms with Gasteiger partial charge in [0.1, 0.15) is 28.7 Å². The van der Waals surface area contributed by atoms with E-state index in [-0.39, 0.29) is 5.91 Å². The lowest BCUT2D eigenvalue weighted by Crippen LogP contribution is -2.14. The molecule has 0 unspecified atom stereocenters. The summed E-state index contributed by atoms with van der Waals surface area (Å²) in [7, 11) is 6.07. The van der Waals surface area contributed by atoms with Gasteiger partial charge in [0.05, 0.1) is 34.0 Å². The molecule has 0 aliphatic rings. The van der Waals surface area contributed by atoms with Gasteiger partial charge in [-0.1, -0.05) is 12.1 Å². The highest BCUT2D eigenvalue weighted by molar-refractivity contribution is 6.07. The molecule has 122 valence electrons. The number of hydrogen-bond acceptors (Lipinski definition) is 5. The topological polar surface area (TPSA) is 66.0 Å². The maximum atomic E-state index is 12.6. The maximum Gasteiger partial charge on any atom is 0.259 e. The van der Waals surface area contributed by atoms with Crippen LogP contribution in [0.2, 0.25) is 0 Å². The van der Waals surface area contributed by atoms with E-state index in [1.165, 1.54) is 21.3 Å². The van der Waals surface area contributed by atoms with Crippen LogP contribution in [0.5, 0.6) is 23.0 Å². The lowest BCUT2D eigenvalue weighted by Gasteiger charge is -2.16. The van der Waals surface area contributed by atoms with Gasteiger partial charge in [0, 0.05) is 12.1 Å². The van der Waals surface area contributed by atoms with Crippen molar-refractivity contribution in [3.05, 3.63) is 42.0 Å². The summed E-state index contributed by atoms with van der Waals surface area (Å²) in [6, 6.07) is 10.3. The molecule has 0 fully saturated rings. The minimum Gasteiger partial charge on any atom is -0.496 e. The third-order valence-electron chi connectivity index (χ3n) is 3.31. The molecule has 0 aromatic heterocycles. The van der Waals surface area contributed by atoms with Gasteiger partial charge in [0.25, 0.3) is 5.91 Å². The average molecular weight is 317 g/mol. The summed E-state index contributed by atoms with van der Waals surface area (Å²) in [5.74, 6) is 1.59. The average Bonchev–Trinajstić information content (AvgIpc) is 2.61. The first-order valence-electron chi connectivity index (χ1n) is 6.89. The molecule has 0 saturated heterocycles. The molecule has 0 spiro atoms. The molecule has 1 amide bonds. The van der Waals surface area contributed by atoms with Gasteiger partial charge >= 0.3 is 0 Å². The van der Waals surface area contributed by atoms with Crippen LogP contribution in [0.15, 0.2) is 36.4 Å². The maximum absolute atomic E-state index is 12.6. The molecule has 0 bridgehead atoms. The van der Waals surface area contributed by atoms with Crippen molar-refractivity contribution in [2.24, 2.45) is 0 Å². The van der Waals surface area contributed by atoms with Gasteiger partial charge < -0.3 is 24.3 Å². The number of carbonyl (C=O) groups is 1. The highest BCUT2D eigenvalue weighted by Crippen LogP contribution is 2.39. The molecule has 6 heteroatoms. The van der Waals surface area contributed by atoms with Crippen molar-refractivity contribution in [1.29, 1.82) is 0 Å². The lowest BCUT2D eigenvalue weighted by atomic mass is 10.1. The number of rotatable bonds is 6. The van der Waals surface area contributed by atoms with E-state index in [0.717, 1.165) is 0 Å². The Hall–Kier alpha value is -2.89. The van der Waals surface area contributed by atoms with Crippen LogP contribution in [-0.2, 0) is 0 Å². The van der Waals surface area contributed by atoms with Crippen molar-refractivity contribution in [2.75, 3.05) is 33.8 Å². The summed E-state index contributed by atoms with van der Waals surface area (Å²) < 4.78 is 21.0. The molecule has 6 nitrogen and oxygen atoms in total. The molecule has 0 aliphatic heterocycles. The van der Waals surface area contributed by atoms with Crippen LogP contribution in [0.25, 0.3) is 0 Å². The van der Waals surface area contributed by atoms with Gasteiger partial charge in [-0.3, -0.25) is 4.79 Å². The van der Waals surface area contributed by atoms with Crippen LogP contribution in [0.3, 0.4) is 0 Å². The summed E-state index contributed by atoms with van der Waals surface area (Å²) in [5, 5.41) is 2.80. The van der Waals surface area contributed by atoms with E-state index in [1.807, 2.05) is 0 Å². The third-order valence-corrected chi connectivity index (χ3v) is 3.31. The summed E-state index contributed by atoms with van der Waals surface area (Å²) in [6.07, 6.45) is 0. The second-order valence-electron chi connectivity index (χ2n) is 4.56. The fourth-order valence-corrected chi connectivity index (χ4v) is 2.14. The smallest absolute Gasteiger partial charge is 0.259 e. The first-order chi connectivity index (χ1) is 11.1. The number of nitrogens with one attached hydrogen (secondary N) is 1. The highest BCUT2D eigenvalue weighted by atomic mass is 16.5. The molecular formula is C17H19NO5.